The Morgan fingerprint density at radius 3 is 2.10 bits per heavy atom. The number of nitriles is 1. The van der Waals surface area contributed by atoms with Gasteiger partial charge in [0.15, 0.2) is 0 Å². The van der Waals surface area contributed by atoms with Crippen LogP contribution >= 0.6 is 0 Å². The van der Waals surface area contributed by atoms with Crippen LogP contribution in [0.1, 0.15) is 27.2 Å². The van der Waals surface area contributed by atoms with Crippen LogP contribution in [0.5, 0.6) is 0 Å². The molecular formula is C8H16N2. The first kappa shape index (κ1) is 9.45. The molecule has 0 aliphatic rings. The smallest absolute Gasteiger partial charge is 0.0672 e. The molecule has 2 nitrogen and oxygen atoms in total. The zero-order valence-corrected chi connectivity index (χ0v) is 6.96. The van der Waals surface area contributed by atoms with Crippen LogP contribution in [0.3, 0.4) is 0 Å². The molecular weight excluding hydrogens is 124 g/mol. The molecule has 0 saturated heterocycles. The second-order valence-electron chi connectivity index (χ2n) is 2.97. The van der Waals surface area contributed by atoms with Crippen LogP contribution in [0, 0.1) is 23.2 Å². The highest BCUT2D eigenvalue weighted by molar-refractivity contribution is 4.90. The van der Waals surface area contributed by atoms with Gasteiger partial charge >= 0.3 is 0 Å². The number of hydrogen-bond acceptors (Lipinski definition) is 2. The number of nitrogens with zero attached hydrogens (tertiary/aromatic N) is 1. The molecule has 10 heavy (non-hydrogen) atoms. The van der Waals surface area contributed by atoms with Crippen molar-refractivity contribution in [2.75, 3.05) is 0 Å². The van der Waals surface area contributed by atoms with Gasteiger partial charge < -0.3 is 5.73 Å². The van der Waals surface area contributed by atoms with Crippen LogP contribution in [0.4, 0.5) is 0 Å². The van der Waals surface area contributed by atoms with E-state index in [1.54, 1.807) is 0 Å². The summed E-state index contributed by atoms with van der Waals surface area (Å²) in [5.74, 6) is 0.435. The topological polar surface area (TPSA) is 49.8 Å². The Morgan fingerprint density at radius 2 is 2.00 bits per heavy atom. The Morgan fingerprint density at radius 1 is 1.50 bits per heavy atom. The highest BCUT2D eigenvalue weighted by Crippen LogP contribution is 2.12. The maximum absolute atomic E-state index is 8.62. The molecule has 0 aromatic carbocycles. The van der Waals surface area contributed by atoms with E-state index >= 15 is 0 Å². The fourth-order valence-corrected chi connectivity index (χ4v) is 0.914. The van der Waals surface area contributed by atoms with Gasteiger partial charge in [-0.25, -0.2) is 0 Å². The van der Waals surface area contributed by atoms with Crippen molar-refractivity contribution in [2.24, 2.45) is 17.6 Å². The van der Waals surface area contributed by atoms with Gasteiger partial charge in [-0.2, -0.15) is 5.26 Å². The first-order chi connectivity index (χ1) is 4.63. The number of rotatable bonds is 3. The Kier molecular flexibility index (Phi) is 4.06. The molecule has 0 spiro atoms. The first-order valence-electron chi connectivity index (χ1n) is 3.78. The number of hydrogen-bond donors (Lipinski definition) is 1. The summed E-state index contributed by atoms with van der Waals surface area (Å²) in [6.07, 6.45) is 0.857. The van der Waals surface area contributed by atoms with Crippen molar-refractivity contribution in [3.63, 3.8) is 0 Å². The third kappa shape index (κ3) is 2.36. The molecule has 0 saturated carbocycles. The molecule has 2 heteroatoms. The molecule has 2 atom stereocenters. The summed E-state index contributed by atoms with van der Waals surface area (Å²) in [7, 11) is 0. The molecule has 0 radical (unpaired) electrons. The van der Waals surface area contributed by atoms with Gasteiger partial charge in [-0.3, -0.25) is 0 Å². The maximum Gasteiger partial charge on any atom is 0.0672 e. The minimum absolute atomic E-state index is 0.0278. The monoisotopic (exact) mass is 140 g/mol. The fourth-order valence-electron chi connectivity index (χ4n) is 0.914. The van der Waals surface area contributed by atoms with Gasteiger partial charge in [-0.1, -0.05) is 20.8 Å². The van der Waals surface area contributed by atoms with Crippen LogP contribution in [0.25, 0.3) is 0 Å². The maximum atomic E-state index is 8.62. The van der Waals surface area contributed by atoms with Crippen LogP contribution in [0.15, 0.2) is 0 Å². The summed E-state index contributed by atoms with van der Waals surface area (Å²) >= 11 is 0. The van der Waals surface area contributed by atoms with Gasteiger partial charge in [-0.05, 0) is 12.3 Å². The van der Waals surface area contributed by atoms with Crippen molar-refractivity contribution in [1.29, 1.82) is 5.26 Å². The molecule has 0 aromatic rings. The standard InChI is InChI=1S/C8H16N2/c1-4-7(5-9)8(10)6(2)3/h6-8H,4,10H2,1-3H3. The summed E-state index contributed by atoms with van der Waals surface area (Å²) < 4.78 is 0. The Hall–Kier alpha value is -0.550. The summed E-state index contributed by atoms with van der Waals surface area (Å²) in [6.45, 7) is 6.09. The molecule has 2 unspecified atom stereocenters. The lowest BCUT2D eigenvalue weighted by atomic mass is 9.91. The van der Waals surface area contributed by atoms with Crippen molar-refractivity contribution in [3.8, 4) is 6.07 Å². The van der Waals surface area contributed by atoms with E-state index in [1.807, 2.05) is 20.8 Å². The molecule has 0 aliphatic heterocycles. The largest absolute Gasteiger partial charge is 0.326 e. The van der Waals surface area contributed by atoms with E-state index < -0.39 is 0 Å². The van der Waals surface area contributed by atoms with Crippen molar-refractivity contribution in [2.45, 2.75) is 33.2 Å². The quantitative estimate of drug-likeness (QED) is 0.646. The van der Waals surface area contributed by atoms with Crippen LogP contribution in [0.2, 0.25) is 0 Å². The highest BCUT2D eigenvalue weighted by Gasteiger charge is 2.17. The van der Waals surface area contributed by atoms with Crippen LogP contribution < -0.4 is 5.73 Å². The van der Waals surface area contributed by atoms with Gasteiger partial charge in [0.25, 0.3) is 0 Å². The van der Waals surface area contributed by atoms with Crippen molar-refractivity contribution < 1.29 is 0 Å². The van der Waals surface area contributed by atoms with Crippen LogP contribution in [-0.4, -0.2) is 6.04 Å². The predicted molar refractivity (Wildman–Crippen MR) is 42.2 cm³/mol. The molecule has 0 bridgehead atoms. The molecule has 0 amide bonds. The summed E-state index contributed by atoms with van der Waals surface area (Å²) in [5.41, 5.74) is 5.76. The SMILES string of the molecule is CCC(C#N)C(N)C(C)C. The highest BCUT2D eigenvalue weighted by atomic mass is 14.7. The lowest BCUT2D eigenvalue weighted by molar-refractivity contribution is 0.393. The normalized spacial score (nSPS) is 16.4. The molecule has 0 rings (SSSR count). The van der Waals surface area contributed by atoms with Gasteiger partial charge in [0.1, 0.15) is 0 Å². The second kappa shape index (κ2) is 4.29. The summed E-state index contributed by atoms with van der Waals surface area (Å²) in [6, 6.07) is 2.24. The van der Waals surface area contributed by atoms with Gasteiger partial charge in [0, 0.05) is 6.04 Å². The minimum atomic E-state index is 0.0278. The lowest BCUT2D eigenvalue weighted by Gasteiger charge is -2.19. The van der Waals surface area contributed by atoms with E-state index in [0.29, 0.717) is 5.92 Å². The van der Waals surface area contributed by atoms with E-state index in [-0.39, 0.29) is 12.0 Å². The van der Waals surface area contributed by atoms with E-state index in [4.69, 9.17) is 11.0 Å². The van der Waals surface area contributed by atoms with Crippen molar-refractivity contribution >= 4 is 0 Å². The second-order valence-corrected chi connectivity index (χ2v) is 2.97. The Bertz CT molecular complexity index is 124. The van der Waals surface area contributed by atoms with E-state index in [0.717, 1.165) is 6.42 Å². The average Bonchev–Trinajstić information content (AvgIpc) is 1.90. The predicted octanol–water partition coefficient (Wildman–Crippen LogP) is 1.52. The molecule has 58 valence electrons. The molecule has 2 N–H and O–H groups in total. The minimum Gasteiger partial charge on any atom is -0.326 e. The van der Waals surface area contributed by atoms with Gasteiger partial charge in [0.2, 0.25) is 0 Å². The lowest BCUT2D eigenvalue weighted by Crippen LogP contribution is -2.33. The zero-order valence-electron chi connectivity index (χ0n) is 6.96. The Labute approximate surface area is 63.0 Å². The zero-order chi connectivity index (χ0) is 8.15. The summed E-state index contributed by atoms with van der Waals surface area (Å²) in [5, 5.41) is 8.62. The van der Waals surface area contributed by atoms with E-state index in [9.17, 15) is 0 Å². The molecule has 0 fully saturated rings. The third-order valence-corrected chi connectivity index (χ3v) is 1.84. The van der Waals surface area contributed by atoms with Gasteiger partial charge in [0.05, 0.1) is 12.0 Å². The van der Waals surface area contributed by atoms with E-state index in [1.165, 1.54) is 0 Å². The first-order valence-corrected chi connectivity index (χ1v) is 3.78. The van der Waals surface area contributed by atoms with Gasteiger partial charge in [-0.15, -0.1) is 0 Å². The Balaban J connectivity index is 3.92. The van der Waals surface area contributed by atoms with Crippen molar-refractivity contribution in [1.82, 2.24) is 0 Å². The van der Waals surface area contributed by atoms with E-state index in [2.05, 4.69) is 6.07 Å². The number of nitrogens with two attached hydrogens (primary N) is 1. The summed E-state index contributed by atoms with van der Waals surface area (Å²) in [4.78, 5) is 0. The fraction of sp³-hybridized carbons (Fsp3) is 0.875. The average molecular weight is 140 g/mol. The third-order valence-electron chi connectivity index (χ3n) is 1.84. The molecule has 0 aliphatic carbocycles. The van der Waals surface area contributed by atoms with Crippen molar-refractivity contribution in [3.05, 3.63) is 0 Å². The van der Waals surface area contributed by atoms with Crippen LogP contribution in [-0.2, 0) is 0 Å². The molecule has 0 heterocycles. The molecule has 0 aromatic heterocycles.